The molecule has 1 fully saturated rings. The van der Waals surface area contributed by atoms with E-state index < -0.39 is 23.6 Å². The molecular formula is C20H18ClF3N2O2. The smallest absolute Gasteiger partial charge is 0.351 e. The first-order chi connectivity index (χ1) is 13.2. The second kappa shape index (κ2) is 7.83. The minimum absolute atomic E-state index is 0.0768. The fourth-order valence-corrected chi connectivity index (χ4v) is 3.26. The Bertz CT molecular complexity index is 915. The number of hydrogen-bond donors (Lipinski definition) is 1. The number of rotatable bonds is 4. The molecule has 0 aromatic heterocycles. The van der Waals surface area contributed by atoms with Gasteiger partial charge in [0, 0.05) is 23.8 Å². The van der Waals surface area contributed by atoms with Crippen molar-refractivity contribution in [2.24, 2.45) is 5.92 Å². The van der Waals surface area contributed by atoms with E-state index >= 15 is 0 Å². The van der Waals surface area contributed by atoms with Crippen molar-refractivity contribution in [3.8, 4) is 0 Å². The fraction of sp³-hybridized carbons (Fsp3) is 0.300. The standard InChI is InChI=1S/C20H18ClF3N2O2/c1-12-9-15(5-6-17(12)21)26-8-7-16(19(26)28)18(27)25-11-13-3-2-4-14(10-13)20(22,23)24/h2-6,9-10,16H,7-8,11H2,1H3,(H,25,27). The quantitative estimate of drug-likeness (QED) is 0.762. The highest BCUT2D eigenvalue weighted by molar-refractivity contribution is 6.31. The molecule has 0 spiro atoms. The van der Waals surface area contributed by atoms with Crippen molar-refractivity contribution in [3.63, 3.8) is 0 Å². The van der Waals surface area contributed by atoms with Crippen LogP contribution in [0.2, 0.25) is 5.02 Å². The lowest BCUT2D eigenvalue weighted by atomic mass is 10.1. The van der Waals surface area contributed by atoms with Crippen LogP contribution in [-0.4, -0.2) is 18.4 Å². The van der Waals surface area contributed by atoms with Gasteiger partial charge in [0.1, 0.15) is 5.92 Å². The van der Waals surface area contributed by atoms with Crippen molar-refractivity contribution >= 4 is 29.1 Å². The lowest BCUT2D eigenvalue weighted by molar-refractivity contribution is -0.137. The first kappa shape index (κ1) is 20.2. The highest BCUT2D eigenvalue weighted by Gasteiger charge is 2.37. The number of nitrogens with one attached hydrogen (secondary N) is 1. The van der Waals surface area contributed by atoms with E-state index in [2.05, 4.69) is 5.32 Å². The Labute approximate surface area is 165 Å². The molecule has 0 radical (unpaired) electrons. The zero-order valence-corrected chi connectivity index (χ0v) is 15.8. The number of anilines is 1. The summed E-state index contributed by atoms with van der Waals surface area (Å²) >= 11 is 6.00. The van der Waals surface area contributed by atoms with Crippen LogP contribution in [0.3, 0.4) is 0 Å². The molecule has 0 aliphatic carbocycles. The summed E-state index contributed by atoms with van der Waals surface area (Å²) in [6.45, 7) is 2.14. The maximum atomic E-state index is 12.8. The van der Waals surface area contributed by atoms with Crippen LogP contribution in [0, 0.1) is 12.8 Å². The number of carbonyl (C=O) groups excluding carboxylic acids is 2. The van der Waals surface area contributed by atoms with Crippen molar-refractivity contribution in [3.05, 3.63) is 64.2 Å². The zero-order chi connectivity index (χ0) is 20.5. The second-order valence-corrected chi connectivity index (χ2v) is 7.09. The average Bonchev–Trinajstić information content (AvgIpc) is 3.03. The Kier molecular flexibility index (Phi) is 5.65. The predicted molar refractivity (Wildman–Crippen MR) is 99.9 cm³/mol. The molecule has 0 saturated carbocycles. The summed E-state index contributed by atoms with van der Waals surface area (Å²) in [5.41, 5.74) is 1.03. The zero-order valence-electron chi connectivity index (χ0n) is 15.0. The normalized spacial score (nSPS) is 17.1. The molecule has 2 amide bonds. The largest absolute Gasteiger partial charge is 0.416 e. The van der Waals surface area contributed by atoms with Gasteiger partial charge in [-0.2, -0.15) is 13.2 Å². The number of hydrogen-bond acceptors (Lipinski definition) is 2. The Morgan fingerprint density at radius 1 is 1.25 bits per heavy atom. The molecule has 1 heterocycles. The van der Waals surface area contributed by atoms with Crippen LogP contribution in [0.25, 0.3) is 0 Å². The first-order valence-electron chi connectivity index (χ1n) is 8.68. The van der Waals surface area contributed by atoms with Crippen LogP contribution in [0.4, 0.5) is 18.9 Å². The number of amides is 2. The molecule has 28 heavy (non-hydrogen) atoms. The van der Waals surface area contributed by atoms with Gasteiger partial charge in [-0.05, 0) is 54.8 Å². The number of alkyl halides is 3. The van der Waals surface area contributed by atoms with E-state index in [0.717, 1.165) is 17.7 Å². The van der Waals surface area contributed by atoms with Gasteiger partial charge in [-0.1, -0.05) is 23.7 Å². The lowest BCUT2D eigenvalue weighted by Crippen LogP contribution is -2.36. The molecule has 0 bridgehead atoms. The number of carbonyl (C=O) groups is 2. The number of halogens is 4. The monoisotopic (exact) mass is 410 g/mol. The molecular weight excluding hydrogens is 393 g/mol. The van der Waals surface area contributed by atoms with E-state index in [1.807, 2.05) is 6.92 Å². The Morgan fingerprint density at radius 3 is 2.68 bits per heavy atom. The van der Waals surface area contributed by atoms with Gasteiger partial charge in [0.2, 0.25) is 11.8 Å². The molecule has 1 aliphatic heterocycles. The number of benzene rings is 2. The minimum Gasteiger partial charge on any atom is -0.351 e. The Balaban J connectivity index is 1.64. The molecule has 1 N–H and O–H groups in total. The van der Waals surface area contributed by atoms with Crippen molar-refractivity contribution in [2.75, 3.05) is 11.4 Å². The van der Waals surface area contributed by atoms with Crippen molar-refractivity contribution < 1.29 is 22.8 Å². The van der Waals surface area contributed by atoms with Gasteiger partial charge >= 0.3 is 6.18 Å². The summed E-state index contributed by atoms with van der Waals surface area (Å²) in [6, 6.07) is 9.93. The maximum absolute atomic E-state index is 12.8. The van der Waals surface area contributed by atoms with Crippen LogP contribution < -0.4 is 10.2 Å². The van der Waals surface area contributed by atoms with Gasteiger partial charge in [0.25, 0.3) is 0 Å². The molecule has 2 aromatic carbocycles. The fourth-order valence-electron chi connectivity index (χ4n) is 3.15. The molecule has 2 aromatic rings. The van der Waals surface area contributed by atoms with Gasteiger partial charge in [0.05, 0.1) is 5.56 Å². The Hall–Kier alpha value is -2.54. The number of nitrogens with zero attached hydrogens (tertiary/aromatic N) is 1. The lowest BCUT2D eigenvalue weighted by Gasteiger charge is -2.18. The van der Waals surface area contributed by atoms with Crippen molar-refractivity contribution in [1.82, 2.24) is 5.32 Å². The summed E-state index contributed by atoms with van der Waals surface area (Å²) in [5, 5.41) is 3.16. The summed E-state index contributed by atoms with van der Waals surface area (Å²) in [4.78, 5) is 26.6. The van der Waals surface area contributed by atoms with Gasteiger partial charge < -0.3 is 10.2 Å². The van der Waals surface area contributed by atoms with E-state index in [0.29, 0.717) is 29.2 Å². The molecule has 8 heteroatoms. The van der Waals surface area contributed by atoms with Crippen LogP contribution in [0.1, 0.15) is 23.1 Å². The molecule has 148 valence electrons. The minimum atomic E-state index is -4.45. The van der Waals surface area contributed by atoms with E-state index in [1.54, 1.807) is 18.2 Å². The summed E-state index contributed by atoms with van der Waals surface area (Å²) < 4.78 is 38.3. The molecule has 1 unspecified atom stereocenters. The SMILES string of the molecule is Cc1cc(N2CCC(C(=O)NCc3cccc(C(F)(F)F)c3)C2=O)ccc1Cl. The highest BCUT2D eigenvalue weighted by atomic mass is 35.5. The topological polar surface area (TPSA) is 49.4 Å². The van der Waals surface area contributed by atoms with E-state index in [-0.39, 0.29) is 12.5 Å². The molecule has 1 aliphatic rings. The van der Waals surface area contributed by atoms with E-state index in [1.165, 1.54) is 17.0 Å². The summed E-state index contributed by atoms with van der Waals surface area (Å²) in [5.74, 6) is -1.68. The number of aryl methyl sites for hydroxylation is 1. The summed E-state index contributed by atoms with van der Waals surface area (Å²) in [7, 11) is 0. The molecule has 1 saturated heterocycles. The van der Waals surface area contributed by atoms with Gasteiger partial charge in [-0.15, -0.1) is 0 Å². The van der Waals surface area contributed by atoms with Crippen LogP contribution in [-0.2, 0) is 22.3 Å². The summed E-state index contributed by atoms with van der Waals surface area (Å²) in [6.07, 6.45) is -4.10. The third kappa shape index (κ3) is 4.30. The predicted octanol–water partition coefficient (Wildman–Crippen LogP) is 4.34. The van der Waals surface area contributed by atoms with Gasteiger partial charge in [-0.25, -0.2) is 0 Å². The van der Waals surface area contributed by atoms with Gasteiger partial charge in [-0.3, -0.25) is 9.59 Å². The van der Waals surface area contributed by atoms with E-state index in [9.17, 15) is 22.8 Å². The van der Waals surface area contributed by atoms with Gasteiger partial charge in [0.15, 0.2) is 0 Å². The molecule has 1 atom stereocenters. The van der Waals surface area contributed by atoms with Crippen LogP contribution in [0.15, 0.2) is 42.5 Å². The van der Waals surface area contributed by atoms with E-state index in [4.69, 9.17) is 11.6 Å². The van der Waals surface area contributed by atoms with Crippen LogP contribution >= 0.6 is 11.6 Å². The third-order valence-corrected chi connectivity index (χ3v) is 5.12. The molecule has 4 nitrogen and oxygen atoms in total. The third-order valence-electron chi connectivity index (χ3n) is 4.70. The Morgan fingerprint density at radius 2 is 2.00 bits per heavy atom. The molecule has 3 rings (SSSR count). The van der Waals surface area contributed by atoms with Crippen molar-refractivity contribution in [2.45, 2.75) is 26.1 Å². The highest BCUT2D eigenvalue weighted by Crippen LogP contribution is 2.30. The average molecular weight is 411 g/mol. The van der Waals surface area contributed by atoms with Crippen molar-refractivity contribution in [1.29, 1.82) is 0 Å². The second-order valence-electron chi connectivity index (χ2n) is 6.68. The first-order valence-corrected chi connectivity index (χ1v) is 9.06. The maximum Gasteiger partial charge on any atom is 0.416 e. The van der Waals surface area contributed by atoms with Crippen LogP contribution in [0.5, 0.6) is 0 Å².